The molecule has 1 aliphatic carbocycles. The van der Waals surface area contributed by atoms with Crippen molar-refractivity contribution in [3.63, 3.8) is 0 Å². The molecule has 1 heterocycles. The van der Waals surface area contributed by atoms with Crippen molar-refractivity contribution in [3.8, 4) is 0 Å². The van der Waals surface area contributed by atoms with E-state index in [9.17, 15) is 4.79 Å². The number of fused-ring (bicyclic) bond motifs is 1. The van der Waals surface area contributed by atoms with Crippen LogP contribution in [0.25, 0.3) is 11.0 Å². The third-order valence-corrected chi connectivity index (χ3v) is 4.43. The van der Waals surface area contributed by atoms with E-state index in [-0.39, 0.29) is 5.91 Å². The van der Waals surface area contributed by atoms with Gasteiger partial charge in [0.25, 0.3) is 5.91 Å². The molecule has 0 N–H and O–H groups in total. The van der Waals surface area contributed by atoms with Gasteiger partial charge in [0.15, 0.2) is 0 Å². The van der Waals surface area contributed by atoms with Crippen molar-refractivity contribution < 1.29 is 4.79 Å². The predicted molar refractivity (Wildman–Crippen MR) is 82.2 cm³/mol. The fourth-order valence-corrected chi connectivity index (χ4v) is 3.29. The maximum absolute atomic E-state index is 12.8. The van der Waals surface area contributed by atoms with Crippen LogP contribution in [0.3, 0.4) is 0 Å². The number of benzene rings is 1. The van der Waals surface area contributed by atoms with Crippen molar-refractivity contribution in [2.75, 3.05) is 6.54 Å². The second-order valence-corrected chi connectivity index (χ2v) is 5.64. The summed E-state index contributed by atoms with van der Waals surface area (Å²) in [6.45, 7) is 5.64. The largest absolute Gasteiger partial charge is 0.336 e. The van der Waals surface area contributed by atoms with Gasteiger partial charge in [-0.3, -0.25) is 4.79 Å². The van der Waals surface area contributed by atoms with Crippen molar-refractivity contribution in [1.29, 1.82) is 0 Å². The molecule has 1 fully saturated rings. The Morgan fingerprint density at radius 3 is 2.76 bits per heavy atom. The number of carbonyl (C=O) groups is 1. The molecule has 1 aromatic carbocycles. The first-order valence-corrected chi connectivity index (χ1v) is 7.88. The highest BCUT2D eigenvalue weighted by Crippen LogP contribution is 2.25. The molecule has 3 rings (SSSR count). The topological polar surface area (TPSA) is 51.0 Å². The second kappa shape index (κ2) is 5.84. The van der Waals surface area contributed by atoms with E-state index in [0.717, 1.165) is 42.5 Å². The quantitative estimate of drug-likeness (QED) is 0.868. The maximum atomic E-state index is 12.8. The average molecular weight is 286 g/mol. The zero-order valence-electron chi connectivity index (χ0n) is 12.7. The molecule has 0 bridgehead atoms. The van der Waals surface area contributed by atoms with Crippen LogP contribution in [0, 0.1) is 0 Å². The molecule has 112 valence electrons. The molecule has 0 saturated heterocycles. The number of aryl methyl sites for hydroxylation is 1. The molecule has 1 aliphatic rings. The van der Waals surface area contributed by atoms with Crippen LogP contribution in [0.5, 0.6) is 0 Å². The lowest BCUT2D eigenvalue weighted by atomic mass is 10.1. The van der Waals surface area contributed by atoms with E-state index in [1.54, 1.807) is 0 Å². The van der Waals surface area contributed by atoms with Crippen molar-refractivity contribution >= 4 is 16.9 Å². The SMILES string of the molecule is CCN(C(=O)c1ccc2c(c1)nnn2CC)C1CCCC1. The van der Waals surface area contributed by atoms with E-state index in [2.05, 4.69) is 17.2 Å². The smallest absolute Gasteiger partial charge is 0.254 e. The zero-order valence-corrected chi connectivity index (χ0v) is 12.7. The highest BCUT2D eigenvalue weighted by molar-refractivity contribution is 5.97. The van der Waals surface area contributed by atoms with Gasteiger partial charge in [0.05, 0.1) is 5.52 Å². The average Bonchev–Trinajstić information content (AvgIpc) is 3.16. The number of rotatable bonds is 4. The summed E-state index contributed by atoms with van der Waals surface area (Å²) in [5.74, 6) is 0.123. The normalized spacial score (nSPS) is 15.7. The van der Waals surface area contributed by atoms with Crippen molar-refractivity contribution in [3.05, 3.63) is 23.8 Å². The van der Waals surface area contributed by atoms with Crippen LogP contribution in [0.1, 0.15) is 49.9 Å². The van der Waals surface area contributed by atoms with E-state index in [4.69, 9.17) is 0 Å². The highest BCUT2D eigenvalue weighted by atomic mass is 16.2. The Bertz CT molecular complexity index is 643. The Morgan fingerprint density at radius 2 is 2.10 bits per heavy atom. The molecule has 2 aromatic rings. The Balaban J connectivity index is 1.89. The zero-order chi connectivity index (χ0) is 14.8. The van der Waals surface area contributed by atoms with E-state index >= 15 is 0 Å². The van der Waals surface area contributed by atoms with Gasteiger partial charge in [0, 0.05) is 24.7 Å². The van der Waals surface area contributed by atoms with Crippen LogP contribution in [-0.2, 0) is 6.54 Å². The third-order valence-electron chi connectivity index (χ3n) is 4.43. The van der Waals surface area contributed by atoms with E-state index in [1.807, 2.05) is 34.7 Å². The Hall–Kier alpha value is -1.91. The first-order chi connectivity index (χ1) is 10.2. The minimum Gasteiger partial charge on any atom is -0.336 e. The number of hydrogen-bond acceptors (Lipinski definition) is 3. The minimum absolute atomic E-state index is 0.123. The third kappa shape index (κ3) is 2.52. The van der Waals surface area contributed by atoms with Gasteiger partial charge in [-0.2, -0.15) is 0 Å². The number of aromatic nitrogens is 3. The van der Waals surface area contributed by atoms with Crippen LogP contribution in [-0.4, -0.2) is 38.4 Å². The van der Waals surface area contributed by atoms with Gasteiger partial charge in [-0.05, 0) is 44.9 Å². The number of hydrogen-bond donors (Lipinski definition) is 0. The number of carbonyl (C=O) groups excluding carboxylic acids is 1. The van der Waals surface area contributed by atoms with E-state index in [0.29, 0.717) is 6.04 Å². The molecule has 5 heteroatoms. The van der Waals surface area contributed by atoms with Crippen LogP contribution >= 0.6 is 0 Å². The Labute approximate surface area is 124 Å². The number of nitrogens with zero attached hydrogens (tertiary/aromatic N) is 4. The van der Waals surface area contributed by atoms with Crippen LogP contribution < -0.4 is 0 Å². The Kier molecular flexibility index (Phi) is 3.90. The molecule has 1 saturated carbocycles. The lowest BCUT2D eigenvalue weighted by Gasteiger charge is -2.27. The fourth-order valence-electron chi connectivity index (χ4n) is 3.29. The number of amides is 1. The summed E-state index contributed by atoms with van der Waals surface area (Å²) < 4.78 is 1.85. The molecule has 0 spiro atoms. The van der Waals surface area contributed by atoms with E-state index in [1.165, 1.54) is 12.8 Å². The molecular weight excluding hydrogens is 264 g/mol. The lowest BCUT2D eigenvalue weighted by molar-refractivity contribution is 0.0693. The molecule has 21 heavy (non-hydrogen) atoms. The van der Waals surface area contributed by atoms with Gasteiger partial charge in [0.1, 0.15) is 5.52 Å². The summed E-state index contributed by atoms with van der Waals surface area (Å²) in [7, 11) is 0. The van der Waals surface area contributed by atoms with Gasteiger partial charge in [-0.25, -0.2) is 4.68 Å². The van der Waals surface area contributed by atoms with Crippen LogP contribution in [0.2, 0.25) is 0 Å². The first-order valence-electron chi connectivity index (χ1n) is 7.88. The highest BCUT2D eigenvalue weighted by Gasteiger charge is 2.26. The monoisotopic (exact) mass is 286 g/mol. The molecule has 0 atom stereocenters. The summed E-state index contributed by atoms with van der Waals surface area (Å²) in [4.78, 5) is 14.8. The van der Waals surface area contributed by atoms with Crippen molar-refractivity contribution in [2.24, 2.45) is 0 Å². The van der Waals surface area contributed by atoms with E-state index < -0.39 is 0 Å². The lowest BCUT2D eigenvalue weighted by Crippen LogP contribution is -2.38. The van der Waals surface area contributed by atoms with Gasteiger partial charge in [-0.15, -0.1) is 5.10 Å². The molecule has 0 aliphatic heterocycles. The molecule has 0 radical (unpaired) electrons. The summed E-state index contributed by atoms with van der Waals surface area (Å²) in [5, 5.41) is 8.26. The minimum atomic E-state index is 0.123. The summed E-state index contributed by atoms with van der Waals surface area (Å²) in [5.41, 5.74) is 2.50. The first kappa shape index (κ1) is 14.0. The molecule has 1 amide bonds. The van der Waals surface area contributed by atoms with Crippen LogP contribution in [0.4, 0.5) is 0 Å². The van der Waals surface area contributed by atoms with Gasteiger partial charge in [-0.1, -0.05) is 18.1 Å². The maximum Gasteiger partial charge on any atom is 0.254 e. The van der Waals surface area contributed by atoms with Gasteiger partial charge < -0.3 is 4.90 Å². The Morgan fingerprint density at radius 1 is 1.33 bits per heavy atom. The summed E-state index contributed by atoms with van der Waals surface area (Å²) in [6.07, 6.45) is 4.73. The molecule has 1 aromatic heterocycles. The summed E-state index contributed by atoms with van der Waals surface area (Å²) in [6, 6.07) is 6.13. The molecular formula is C16H22N4O. The summed E-state index contributed by atoms with van der Waals surface area (Å²) >= 11 is 0. The fraction of sp³-hybridized carbons (Fsp3) is 0.562. The van der Waals surface area contributed by atoms with Crippen molar-refractivity contribution in [2.45, 2.75) is 52.1 Å². The molecule has 5 nitrogen and oxygen atoms in total. The predicted octanol–water partition coefficient (Wildman–Crippen LogP) is 2.86. The van der Waals surface area contributed by atoms with Gasteiger partial charge in [0.2, 0.25) is 0 Å². The van der Waals surface area contributed by atoms with Gasteiger partial charge >= 0.3 is 0 Å². The van der Waals surface area contributed by atoms with Crippen LogP contribution in [0.15, 0.2) is 18.2 Å². The second-order valence-electron chi connectivity index (χ2n) is 5.64. The standard InChI is InChI=1S/C16H22N4O/c1-3-19(13-7-5-6-8-13)16(21)12-9-10-15-14(11-12)17-18-20(15)4-2/h9-11,13H,3-8H2,1-2H3. The van der Waals surface area contributed by atoms with Crippen molar-refractivity contribution in [1.82, 2.24) is 19.9 Å². The molecule has 0 unspecified atom stereocenters.